The van der Waals surface area contributed by atoms with Crippen LogP contribution < -0.4 is 0 Å². The Morgan fingerprint density at radius 1 is 0.711 bits per heavy atom. The molecule has 14 atom stereocenters. The zero-order valence-electron chi connectivity index (χ0n) is 20.9. The van der Waals surface area contributed by atoms with Gasteiger partial charge in [0, 0.05) is 12.3 Å². The zero-order valence-corrected chi connectivity index (χ0v) is 20.9. The van der Waals surface area contributed by atoms with Gasteiger partial charge in [-0.2, -0.15) is 0 Å². The van der Waals surface area contributed by atoms with Crippen molar-refractivity contribution >= 4 is 0 Å². The maximum absolute atomic E-state index is 10.9. The van der Waals surface area contributed by atoms with Gasteiger partial charge in [0.05, 0.1) is 31.5 Å². The summed E-state index contributed by atoms with van der Waals surface area (Å²) in [5.41, 5.74) is 1.03. The average Bonchev–Trinajstić information content (AvgIpc) is 3.42. The molecule has 0 spiro atoms. The second-order valence-electron chi connectivity index (χ2n) is 10.6. The number of rotatable bonds is 7. The first-order chi connectivity index (χ1) is 18.3. The van der Waals surface area contributed by atoms with Gasteiger partial charge in [-0.25, -0.2) is 0 Å². The van der Waals surface area contributed by atoms with Gasteiger partial charge >= 0.3 is 0 Å². The van der Waals surface area contributed by atoms with Gasteiger partial charge in [0.15, 0.2) is 12.6 Å². The van der Waals surface area contributed by atoms with Crippen LogP contribution in [0.25, 0.3) is 0 Å². The highest BCUT2D eigenvalue weighted by Gasteiger charge is 2.52. The molecule has 38 heavy (non-hydrogen) atoms. The molecule has 1 aliphatic carbocycles. The maximum atomic E-state index is 10.9. The van der Waals surface area contributed by atoms with E-state index < -0.39 is 74.6 Å². The molecule has 0 aromatic heterocycles. The quantitative estimate of drug-likeness (QED) is 0.208. The molecule has 4 fully saturated rings. The lowest BCUT2D eigenvalue weighted by atomic mass is 9.88. The van der Waals surface area contributed by atoms with E-state index in [9.17, 15) is 35.7 Å². The van der Waals surface area contributed by atoms with Gasteiger partial charge in [-0.05, 0) is 18.4 Å². The third-order valence-electron chi connectivity index (χ3n) is 8.21. The molecule has 1 aromatic rings. The van der Waals surface area contributed by atoms with Crippen LogP contribution in [0.3, 0.4) is 0 Å². The standard InChI is InChI=1S/C26H38O12/c27-10-17-19(29)20(30)22(32)26(36-17)38-24-18(11-28)37-25(23(33)21(24)31)35-16-9-15(12-5-2-1-3-6-12)34-14-8-4-7-13(14)16/h1-3,5-6,13-33H,4,7-11H2/t13-,14-,15-,16-,17-,18-,19-,20+,21-,22-,23-,24-,25-,26+/m1/s1. The number of hydrogen-bond donors (Lipinski definition) is 7. The van der Waals surface area contributed by atoms with E-state index in [0.29, 0.717) is 6.42 Å². The minimum Gasteiger partial charge on any atom is -0.394 e. The molecule has 1 saturated carbocycles. The Hall–Kier alpha value is -1.26. The van der Waals surface area contributed by atoms with E-state index in [1.54, 1.807) is 0 Å². The Bertz CT molecular complexity index is 886. The molecule has 0 radical (unpaired) electrons. The molecular formula is C26H38O12. The lowest BCUT2D eigenvalue weighted by Gasteiger charge is -2.47. The number of hydrogen-bond acceptors (Lipinski definition) is 12. The summed E-state index contributed by atoms with van der Waals surface area (Å²) in [6.45, 7) is -1.27. The van der Waals surface area contributed by atoms with Crippen molar-refractivity contribution in [2.45, 2.75) is 105 Å². The Morgan fingerprint density at radius 3 is 2.08 bits per heavy atom. The fourth-order valence-corrected chi connectivity index (χ4v) is 6.08. The maximum Gasteiger partial charge on any atom is 0.187 e. The third-order valence-corrected chi connectivity index (χ3v) is 8.21. The number of aliphatic hydroxyl groups is 7. The monoisotopic (exact) mass is 542 g/mol. The van der Waals surface area contributed by atoms with Crippen LogP contribution in [0.1, 0.15) is 37.4 Å². The second kappa shape index (κ2) is 12.1. The van der Waals surface area contributed by atoms with E-state index in [2.05, 4.69) is 0 Å². The minimum absolute atomic E-state index is 0.000482. The molecule has 1 aromatic carbocycles. The van der Waals surface area contributed by atoms with Crippen LogP contribution in [0.5, 0.6) is 0 Å². The van der Waals surface area contributed by atoms with Crippen molar-refractivity contribution in [3.05, 3.63) is 35.9 Å². The first-order valence-electron chi connectivity index (χ1n) is 13.3. The van der Waals surface area contributed by atoms with E-state index in [1.165, 1.54) is 0 Å². The van der Waals surface area contributed by atoms with E-state index >= 15 is 0 Å². The van der Waals surface area contributed by atoms with Crippen molar-refractivity contribution in [3.8, 4) is 0 Å². The molecule has 0 unspecified atom stereocenters. The van der Waals surface area contributed by atoms with Gasteiger partial charge in [-0.3, -0.25) is 0 Å². The lowest BCUT2D eigenvalue weighted by Crippen LogP contribution is -2.65. The summed E-state index contributed by atoms with van der Waals surface area (Å²) in [5.74, 6) is 0.0959. The Kier molecular flexibility index (Phi) is 8.99. The molecule has 0 amide bonds. The van der Waals surface area contributed by atoms with Crippen LogP contribution in [0, 0.1) is 5.92 Å². The van der Waals surface area contributed by atoms with Crippen molar-refractivity contribution in [1.82, 2.24) is 0 Å². The summed E-state index contributed by atoms with van der Waals surface area (Å²) in [6, 6.07) is 9.82. The van der Waals surface area contributed by atoms with Crippen molar-refractivity contribution in [2.24, 2.45) is 5.92 Å². The fraction of sp³-hybridized carbons (Fsp3) is 0.769. The van der Waals surface area contributed by atoms with Gasteiger partial charge in [-0.1, -0.05) is 36.8 Å². The van der Waals surface area contributed by atoms with Crippen molar-refractivity contribution in [1.29, 1.82) is 0 Å². The summed E-state index contributed by atoms with van der Waals surface area (Å²) < 4.78 is 29.5. The van der Waals surface area contributed by atoms with Crippen LogP contribution >= 0.6 is 0 Å². The first-order valence-corrected chi connectivity index (χ1v) is 13.3. The first kappa shape index (κ1) is 28.3. The molecule has 3 aliphatic heterocycles. The fourth-order valence-electron chi connectivity index (χ4n) is 6.08. The van der Waals surface area contributed by atoms with Crippen LogP contribution in [0.4, 0.5) is 0 Å². The number of aliphatic hydroxyl groups excluding tert-OH is 7. The van der Waals surface area contributed by atoms with Crippen molar-refractivity contribution in [3.63, 3.8) is 0 Å². The lowest BCUT2D eigenvalue weighted by molar-refractivity contribution is -0.366. The van der Waals surface area contributed by atoms with E-state index in [0.717, 1.165) is 24.8 Å². The summed E-state index contributed by atoms with van der Waals surface area (Å²) in [7, 11) is 0. The molecule has 7 N–H and O–H groups in total. The predicted octanol–water partition coefficient (Wildman–Crippen LogP) is -1.67. The second-order valence-corrected chi connectivity index (χ2v) is 10.6. The van der Waals surface area contributed by atoms with Crippen LogP contribution in [0.2, 0.25) is 0 Å². The summed E-state index contributed by atoms with van der Waals surface area (Å²) in [6.07, 6.45) is -12.0. The molecule has 3 saturated heterocycles. The Balaban J connectivity index is 1.28. The summed E-state index contributed by atoms with van der Waals surface area (Å²) in [4.78, 5) is 0. The highest BCUT2D eigenvalue weighted by Crippen LogP contribution is 2.45. The van der Waals surface area contributed by atoms with Crippen LogP contribution in [0.15, 0.2) is 30.3 Å². The molecule has 3 heterocycles. The predicted molar refractivity (Wildman–Crippen MR) is 127 cm³/mol. The Morgan fingerprint density at radius 2 is 1.37 bits per heavy atom. The van der Waals surface area contributed by atoms with E-state index in [1.807, 2.05) is 30.3 Å². The van der Waals surface area contributed by atoms with Crippen LogP contribution in [-0.4, -0.2) is 123 Å². The number of benzene rings is 1. The number of ether oxygens (including phenoxy) is 5. The molecule has 4 aliphatic rings. The SMILES string of the molecule is OC[C@H]1O[C@@H](O[C@H]2[C@H](O)[C@@H](O)[C@H](O[C@@H]3C[C@H](c4ccccc4)O[C@@H]4CCC[C@@H]34)O[C@@H]2CO)[C@H](O)[C@@H](O)[C@@H]1O. The minimum atomic E-state index is -1.72. The molecule has 12 nitrogen and oxygen atoms in total. The topological polar surface area (TPSA) is 188 Å². The summed E-state index contributed by atoms with van der Waals surface area (Å²) >= 11 is 0. The largest absolute Gasteiger partial charge is 0.394 e. The molecule has 12 heteroatoms. The highest BCUT2D eigenvalue weighted by molar-refractivity contribution is 5.19. The Labute approximate surface area is 220 Å². The van der Waals surface area contributed by atoms with Gasteiger partial charge in [-0.15, -0.1) is 0 Å². The van der Waals surface area contributed by atoms with Crippen molar-refractivity contribution in [2.75, 3.05) is 13.2 Å². The summed E-state index contributed by atoms with van der Waals surface area (Å²) in [5, 5.41) is 71.7. The van der Waals surface area contributed by atoms with E-state index in [-0.39, 0.29) is 24.2 Å². The zero-order chi connectivity index (χ0) is 27.0. The van der Waals surface area contributed by atoms with Gasteiger partial charge < -0.3 is 59.4 Å². The van der Waals surface area contributed by atoms with Crippen molar-refractivity contribution < 1.29 is 59.4 Å². The van der Waals surface area contributed by atoms with Crippen LogP contribution in [-0.2, 0) is 23.7 Å². The average molecular weight is 543 g/mol. The van der Waals surface area contributed by atoms with Gasteiger partial charge in [0.2, 0.25) is 0 Å². The molecule has 0 bridgehead atoms. The van der Waals surface area contributed by atoms with E-state index in [4.69, 9.17) is 23.7 Å². The highest BCUT2D eigenvalue weighted by atomic mass is 16.7. The third kappa shape index (κ3) is 5.51. The molecular weight excluding hydrogens is 504 g/mol. The normalized spacial score (nSPS) is 47.6. The van der Waals surface area contributed by atoms with Gasteiger partial charge in [0.1, 0.15) is 48.8 Å². The molecule has 214 valence electrons. The molecule has 5 rings (SSSR count). The number of fused-ring (bicyclic) bond motifs is 1. The smallest absolute Gasteiger partial charge is 0.187 e. The van der Waals surface area contributed by atoms with Gasteiger partial charge in [0.25, 0.3) is 0 Å².